The summed E-state index contributed by atoms with van der Waals surface area (Å²) in [6, 6.07) is 23.6. The maximum absolute atomic E-state index is 13.5. The van der Waals surface area contributed by atoms with Crippen LogP contribution in [0.5, 0.6) is 0 Å². The largest absolute Gasteiger partial charge is 0.288 e. The number of hydrogen-bond acceptors (Lipinski definition) is 5. The maximum Gasteiger partial charge on any atom is 0.212 e. The molecule has 1 heterocycles. The van der Waals surface area contributed by atoms with Crippen molar-refractivity contribution in [1.82, 2.24) is 4.98 Å². The molecule has 0 radical (unpaired) electrons. The minimum Gasteiger partial charge on any atom is -0.288 e. The van der Waals surface area contributed by atoms with E-state index in [0.29, 0.717) is 37.9 Å². The normalized spacial score (nSPS) is 11.6. The van der Waals surface area contributed by atoms with E-state index in [-0.39, 0.29) is 22.8 Å². The minimum absolute atomic E-state index is 0.0436. The zero-order valence-electron chi connectivity index (χ0n) is 17.4. The maximum atomic E-state index is 13.5. The van der Waals surface area contributed by atoms with Gasteiger partial charge in [0, 0.05) is 26.6 Å². The predicted octanol–water partition coefficient (Wildman–Crippen LogP) is 6.51. The fourth-order valence-electron chi connectivity index (χ4n) is 3.89. The Hall–Kier alpha value is -3.72. The van der Waals surface area contributed by atoms with Gasteiger partial charge in [-0.2, -0.15) is 5.26 Å². The molecule has 0 amide bonds. The number of fused-ring (bicyclic) bond motifs is 3. The number of aryl methyl sites for hydroxylation is 1. The van der Waals surface area contributed by atoms with Gasteiger partial charge in [0.05, 0.1) is 11.1 Å². The summed E-state index contributed by atoms with van der Waals surface area (Å²) in [4.78, 5) is 32.3. The van der Waals surface area contributed by atoms with E-state index in [1.807, 2.05) is 37.3 Å². The summed E-state index contributed by atoms with van der Waals surface area (Å²) in [5, 5.41) is 11.0. The number of nitrogens with zero attached hydrogens (tertiary/aromatic N) is 2. The summed E-state index contributed by atoms with van der Waals surface area (Å²) < 4.78 is 0. The number of ketones is 2. The Morgan fingerprint density at radius 3 is 2.27 bits per heavy atom. The monoisotopic (exact) mass is 466 g/mol. The van der Waals surface area contributed by atoms with Crippen LogP contribution in [0.2, 0.25) is 5.02 Å². The molecule has 4 nitrogen and oxygen atoms in total. The molecule has 3 aromatic carbocycles. The van der Waals surface area contributed by atoms with E-state index < -0.39 is 0 Å². The summed E-state index contributed by atoms with van der Waals surface area (Å²) in [5.41, 5.74) is 3.58. The molecule has 0 aliphatic heterocycles. The first-order chi connectivity index (χ1) is 16.0. The Morgan fingerprint density at radius 2 is 1.61 bits per heavy atom. The number of nitriles is 1. The number of benzene rings is 3. The summed E-state index contributed by atoms with van der Waals surface area (Å²) in [7, 11) is 0. The smallest absolute Gasteiger partial charge is 0.212 e. The van der Waals surface area contributed by atoms with Gasteiger partial charge < -0.3 is 0 Å². The Balaban J connectivity index is 1.76. The average molecular weight is 467 g/mol. The van der Waals surface area contributed by atoms with Crippen molar-refractivity contribution >= 4 is 34.9 Å². The summed E-state index contributed by atoms with van der Waals surface area (Å²) >= 11 is 7.29. The van der Waals surface area contributed by atoms with Crippen molar-refractivity contribution < 1.29 is 9.59 Å². The van der Waals surface area contributed by atoms with Gasteiger partial charge in [0.2, 0.25) is 5.78 Å². The molecule has 0 unspecified atom stereocenters. The first kappa shape index (κ1) is 21.1. The molecule has 0 saturated carbocycles. The lowest BCUT2D eigenvalue weighted by atomic mass is 9.97. The number of carbonyl (C=O) groups excluding carboxylic acids is 2. The van der Waals surface area contributed by atoms with Crippen LogP contribution in [0, 0.1) is 18.3 Å². The lowest BCUT2D eigenvalue weighted by Gasteiger charge is -2.13. The standard InChI is InChI=1S/C27H15ClN2O2S/c1-15-6-12-18(13-7-15)33-27-21(14-29)22-19-4-2-3-5-20(19)26(32)23(22)24(30-27)25(31)16-8-10-17(28)11-9-16/h2-13H,1H3. The zero-order chi connectivity index (χ0) is 23.1. The van der Waals surface area contributed by atoms with Crippen LogP contribution >= 0.6 is 23.4 Å². The number of halogens is 1. The van der Waals surface area contributed by atoms with Crippen molar-refractivity contribution in [3.8, 4) is 17.2 Å². The van der Waals surface area contributed by atoms with Crippen LogP contribution in [0.25, 0.3) is 11.1 Å². The van der Waals surface area contributed by atoms with Crippen molar-refractivity contribution in [3.05, 3.63) is 111 Å². The molecule has 0 bridgehead atoms. The van der Waals surface area contributed by atoms with Gasteiger partial charge in [-0.3, -0.25) is 9.59 Å². The lowest BCUT2D eigenvalue weighted by molar-refractivity contribution is 0.100. The van der Waals surface area contributed by atoms with Crippen molar-refractivity contribution in [1.29, 1.82) is 5.26 Å². The van der Waals surface area contributed by atoms with E-state index in [2.05, 4.69) is 11.1 Å². The van der Waals surface area contributed by atoms with E-state index in [9.17, 15) is 14.9 Å². The van der Waals surface area contributed by atoms with Crippen LogP contribution in [0.1, 0.15) is 43.1 Å². The first-order valence-electron chi connectivity index (χ1n) is 10.1. The molecule has 0 N–H and O–H groups in total. The van der Waals surface area contributed by atoms with Crippen molar-refractivity contribution in [2.24, 2.45) is 0 Å². The van der Waals surface area contributed by atoms with Crippen LogP contribution in [0.15, 0.2) is 82.7 Å². The molecular formula is C27H15ClN2O2S. The number of hydrogen-bond donors (Lipinski definition) is 0. The van der Waals surface area contributed by atoms with Gasteiger partial charge in [-0.05, 0) is 48.9 Å². The molecule has 6 heteroatoms. The van der Waals surface area contributed by atoms with Crippen molar-refractivity contribution in [2.45, 2.75) is 16.8 Å². The van der Waals surface area contributed by atoms with Gasteiger partial charge in [0.15, 0.2) is 5.78 Å². The van der Waals surface area contributed by atoms with Crippen LogP contribution in [-0.4, -0.2) is 16.6 Å². The topological polar surface area (TPSA) is 70.8 Å². The Morgan fingerprint density at radius 1 is 0.939 bits per heavy atom. The first-order valence-corrected chi connectivity index (χ1v) is 11.3. The molecule has 0 fully saturated rings. The minimum atomic E-state index is -0.390. The van der Waals surface area contributed by atoms with Crippen molar-refractivity contribution in [2.75, 3.05) is 0 Å². The zero-order valence-corrected chi connectivity index (χ0v) is 19.0. The summed E-state index contributed by atoms with van der Waals surface area (Å²) in [6.07, 6.45) is 0. The van der Waals surface area contributed by atoms with Crippen LogP contribution in [-0.2, 0) is 0 Å². The molecule has 1 aliphatic rings. The lowest BCUT2D eigenvalue weighted by Crippen LogP contribution is -2.13. The molecule has 158 valence electrons. The number of carbonyl (C=O) groups is 2. The van der Waals surface area contributed by atoms with Crippen LogP contribution in [0.3, 0.4) is 0 Å². The number of pyridine rings is 1. The van der Waals surface area contributed by atoms with E-state index in [1.165, 1.54) is 11.8 Å². The third-order valence-corrected chi connectivity index (χ3v) is 6.75. The Labute approximate surface area is 199 Å². The average Bonchev–Trinajstić information content (AvgIpc) is 3.13. The highest BCUT2D eigenvalue weighted by molar-refractivity contribution is 7.99. The molecule has 0 saturated heterocycles. The van der Waals surface area contributed by atoms with E-state index in [4.69, 9.17) is 11.6 Å². The fourth-order valence-corrected chi connectivity index (χ4v) is 4.89. The van der Waals surface area contributed by atoms with Gasteiger partial charge in [0.1, 0.15) is 16.8 Å². The Bertz CT molecular complexity index is 1490. The summed E-state index contributed by atoms with van der Waals surface area (Å²) in [6.45, 7) is 1.99. The second kappa shape index (κ2) is 8.32. The van der Waals surface area contributed by atoms with E-state index in [0.717, 1.165) is 10.5 Å². The second-order valence-electron chi connectivity index (χ2n) is 7.63. The second-order valence-corrected chi connectivity index (χ2v) is 9.13. The Kier molecular flexibility index (Phi) is 5.33. The van der Waals surface area contributed by atoms with Gasteiger partial charge in [-0.15, -0.1) is 0 Å². The third-order valence-electron chi connectivity index (χ3n) is 5.50. The molecule has 1 aliphatic carbocycles. The predicted molar refractivity (Wildman–Crippen MR) is 128 cm³/mol. The SMILES string of the molecule is Cc1ccc(Sc2nc(C(=O)c3ccc(Cl)cc3)c3c(c2C#N)-c2ccccc2C3=O)cc1. The van der Waals surface area contributed by atoms with E-state index >= 15 is 0 Å². The van der Waals surface area contributed by atoms with Crippen molar-refractivity contribution in [3.63, 3.8) is 0 Å². The third kappa shape index (κ3) is 3.64. The number of aromatic nitrogens is 1. The molecular weight excluding hydrogens is 452 g/mol. The molecule has 0 atom stereocenters. The van der Waals surface area contributed by atoms with Gasteiger partial charge in [-0.1, -0.05) is 65.3 Å². The highest BCUT2D eigenvalue weighted by Gasteiger charge is 2.36. The quantitative estimate of drug-likeness (QED) is 0.282. The number of rotatable bonds is 4. The molecule has 5 rings (SSSR count). The highest BCUT2D eigenvalue weighted by atomic mass is 35.5. The van der Waals surface area contributed by atoms with E-state index in [1.54, 1.807) is 42.5 Å². The highest BCUT2D eigenvalue weighted by Crippen LogP contribution is 2.44. The molecule has 0 spiro atoms. The summed E-state index contributed by atoms with van der Waals surface area (Å²) in [5.74, 6) is -0.687. The van der Waals surface area contributed by atoms with Crippen LogP contribution < -0.4 is 0 Å². The molecule has 33 heavy (non-hydrogen) atoms. The van der Waals surface area contributed by atoms with Gasteiger partial charge in [-0.25, -0.2) is 4.98 Å². The fraction of sp³-hybridized carbons (Fsp3) is 0.0370. The molecule has 1 aromatic heterocycles. The van der Waals surface area contributed by atoms with Crippen LogP contribution in [0.4, 0.5) is 0 Å². The van der Waals surface area contributed by atoms with Gasteiger partial charge in [0.25, 0.3) is 0 Å². The van der Waals surface area contributed by atoms with Gasteiger partial charge >= 0.3 is 0 Å². The molecule has 4 aromatic rings.